The van der Waals surface area contributed by atoms with E-state index >= 15 is 0 Å². The molecule has 2 aromatic heterocycles. The van der Waals surface area contributed by atoms with Crippen LogP contribution in [0.3, 0.4) is 0 Å². The molecule has 1 atom stereocenters. The van der Waals surface area contributed by atoms with E-state index in [9.17, 15) is 0 Å². The molecule has 3 aromatic rings. The number of aromatic nitrogens is 5. The summed E-state index contributed by atoms with van der Waals surface area (Å²) in [6.07, 6.45) is 1.88. The second-order valence-corrected chi connectivity index (χ2v) is 6.08. The Labute approximate surface area is 158 Å². The van der Waals surface area contributed by atoms with Crippen molar-refractivity contribution in [3.8, 4) is 11.4 Å². The Morgan fingerprint density at radius 1 is 1.15 bits per heavy atom. The molecule has 0 spiro atoms. The van der Waals surface area contributed by atoms with E-state index in [0.717, 1.165) is 28.6 Å². The van der Waals surface area contributed by atoms with E-state index in [2.05, 4.69) is 36.2 Å². The van der Waals surface area contributed by atoms with Crippen LogP contribution in [0.15, 0.2) is 30.5 Å². The molecule has 2 heterocycles. The van der Waals surface area contributed by atoms with E-state index < -0.39 is 0 Å². The van der Waals surface area contributed by atoms with Gasteiger partial charge in [0.25, 0.3) is 0 Å². The fourth-order valence-corrected chi connectivity index (χ4v) is 2.57. The third-order valence-corrected chi connectivity index (χ3v) is 4.18. The molecule has 142 valence electrons. The van der Waals surface area contributed by atoms with Crippen molar-refractivity contribution in [3.05, 3.63) is 41.9 Å². The van der Waals surface area contributed by atoms with Gasteiger partial charge in [0, 0.05) is 30.5 Å². The van der Waals surface area contributed by atoms with Gasteiger partial charge < -0.3 is 20.7 Å². The minimum atomic E-state index is 0.103. The molecule has 3 rings (SSSR count). The van der Waals surface area contributed by atoms with Gasteiger partial charge >= 0.3 is 0 Å². The first-order valence-corrected chi connectivity index (χ1v) is 8.62. The van der Waals surface area contributed by atoms with Crippen LogP contribution in [0, 0.1) is 6.92 Å². The topological polar surface area (TPSA) is 102 Å². The Morgan fingerprint density at radius 2 is 1.96 bits per heavy atom. The Balaban J connectivity index is 1.94. The van der Waals surface area contributed by atoms with Crippen LogP contribution in [0.2, 0.25) is 0 Å². The van der Waals surface area contributed by atoms with Crippen molar-refractivity contribution in [3.63, 3.8) is 0 Å². The van der Waals surface area contributed by atoms with E-state index in [0.29, 0.717) is 11.7 Å². The van der Waals surface area contributed by atoms with E-state index in [1.54, 1.807) is 11.8 Å². The first kappa shape index (κ1) is 18.6. The largest absolute Gasteiger partial charge is 0.494 e. The maximum Gasteiger partial charge on any atom is 0.229 e. The van der Waals surface area contributed by atoms with Gasteiger partial charge in [0.2, 0.25) is 5.95 Å². The third kappa shape index (κ3) is 4.14. The highest BCUT2D eigenvalue weighted by atomic mass is 16.5. The van der Waals surface area contributed by atoms with Crippen LogP contribution < -0.4 is 20.7 Å². The van der Waals surface area contributed by atoms with Crippen LogP contribution >= 0.6 is 0 Å². The van der Waals surface area contributed by atoms with Crippen molar-refractivity contribution in [1.82, 2.24) is 30.3 Å². The minimum absolute atomic E-state index is 0.103. The van der Waals surface area contributed by atoms with Gasteiger partial charge in [0.05, 0.1) is 19.0 Å². The van der Waals surface area contributed by atoms with Crippen LogP contribution in [0.25, 0.3) is 5.69 Å². The molecule has 0 aliphatic carbocycles. The first-order valence-electron chi connectivity index (χ1n) is 8.62. The molecule has 0 aliphatic heterocycles. The smallest absolute Gasteiger partial charge is 0.229 e. The minimum Gasteiger partial charge on any atom is -0.494 e. The number of rotatable bonds is 7. The number of methoxy groups -OCH3 is 1. The summed E-state index contributed by atoms with van der Waals surface area (Å²) in [4.78, 5) is 8.85. The highest BCUT2D eigenvalue weighted by molar-refractivity contribution is 5.62. The van der Waals surface area contributed by atoms with Crippen LogP contribution in [0.4, 0.5) is 17.5 Å². The lowest BCUT2D eigenvalue weighted by Gasteiger charge is -2.12. The number of aryl methyl sites for hydroxylation is 1. The predicted octanol–water partition coefficient (Wildman–Crippen LogP) is 2.44. The number of nitrogens with one attached hydrogen (secondary N) is 3. The summed E-state index contributed by atoms with van der Waals surface area (Å²) < 4.78 is 7.18. The van der Waals surface area contributed by atoms with E-state index in [4.69, 9.17) is 4.74 Å². The van der Waals surface area contributed by atoms with Crippen molar-refractivity contribution in [2.45, 2.75) is 19.9 Å². The maximum atomic E-state index is 5.48. The highest BCUT2D eigenvalue weighted by Crippen LogP contribution is 2.28. The first-order chi connectivity index (χ1) is 13.0. The van der Waals surface area contributed by atoms with Gasteiger partial charge in [-0.3, -0.25) is 0 Å². The molecule has 3 N–H and O–H groups in total. The van der Waals surface area contributed by atoms with Crippen molar-refractivity contribution in [2.24, 2.45) is 0 Å². The zero-order chi connectivity index (χ0) is 19.4. The van der Waals surface area contributed by atoms with E-state index in [-0.39, 0.29) is 6.04 Å². The number of hydrogen-bond acceptors (Lipinski definition) is 8. The Morgan fingerprint density at radius 3 is 2.67 bits per heavy atom. The number of hydrogen-bond donors (Lipinski definition) is 3. The Bertz CT molecular complexity index is 923. The molecule has 1 aromatic carbocycles. The second-order valence-electron chi connectivity index (χ2n) is 6.08. The lowest BCUT2D eigenvalue weighted by atomic mass is 10.2. The maximum absolute atomic E-state index is 5.48. The molecule has 0 fully saturated rings. The van der Waals surface area contributed by atoms with Gasteiger partial charge in [-0.2, -0.15) is 4.98 Å². The molecule has 0 saturated heterocycles. The summed E-state index contributed by atoms with van der Waals surface area (Å²) in [5.74, 6) is 1.95. The van der Waals surface area contributed by atoms with Crippen LogP contribution in [0.5, 0.6) is 5.75 Å². The van der Waals surface area contributed by atoms with Gasteiger partial charge in [-0.25, -0.2) is 9.67 Å². The summed E-state index contributed by atoms with van der Waals surface area (Å²) in [6, 6.07) is 7.68. The fraction of sp³-hybridized carbons (Fsp3) is 0.333. The molecule has 0 saturated carbocycles. The van der Waals surface area contributed by atoms with Gasteiger partial charge in [0.15, 0.2) is 0 Å². The predicted molar refractivity (Wildman–Crippen MR) is 105 cm³/mol. The van der Waals surface area contributed by atoms with Crippen LogP contribution in [-0.2, 0) is 0 Å². The van der Waals surface area contributed by atoms with Crippen molar-refractivity contribution < 1.29 is 4.74 Å². The molecule has 1 unspecified atom stereocenters. The van der Waals surface area contributed by atoms with Gasteiger partial charge in [-0.15, -0.1) is 5.10 Å². The quantitative estimate of drug-likeness (QED) is 0.584. The number of ether oxygens (including phenoxy) is 1. The molecule has 9 nitrogen and oxygen atoms in total. The van der Waals surface area contributed by atoms with Gasteiger partial charge in [-0.05, 0) is 39.1 Å². The molecule has 0 bridgehead atoms. The third-order valence-electron chi connectivity index (χ3n) is 4.18. The summed E-state index contributed by atoms with van der Waals surface area (Å²) in [5.41, 5.74) is 3.30. The van der Waals surface area contributed by atoms with Crippen molar-refractivity contribution in [2.75, 3.05) is 31.8 Å². The fourth-order valence-electron chi connectivity index (χ4n) is 2.57. The normalized spacial score (nSPS) is 11.9. The molecule has 9 heteroatoms. The molecule has 0 amide bonds. The monoisotopic (exact) mass is 368 g/mol. The molecule has 0 aliphatic rings. The lowest BCUT2D eigenvalue weighted by molar-refractivity contribution is 0.411. The zero-order valence-electron chi connectivity index (χ0n) is 16.1. The number of nitrogens with zero attached hydrogens (tertiary/aromatic N) is 5. The molecule has 27 heavy (non-hydrogen) atoms. The number of benzene rings is 1. The summed E-state index contributed by atoms with van der Waals surface area (Å²) in [6.45, 7) is 3.95. The second kappa shape index (κ2) is 8.00. The van der Waals surface area contributed by atoms with Crippen LogP contribution in [0.1, 0.15) is 24.4 Å². The van der Waals surface area contributed by atoms with Gasteiger partial charge in [0.1, 0.15) is 17.3 Å². The highest BCUT2D eigenvalue weighted by Gasteiger charge is 2.13. The average Bonchev–Trinajstić information content (AvgIpc) is 3.17. The summed E-state index contributed by atoms with van der Waals surface area (Å²) >= 11 is 0. The van der Waals surface area contributed by atoms with E-state index in [1.807, 2.05) is 58.4 Å². The Kier molecular flexibility index (Phi) is 5.51. The van der Waals surface area contributed by atoms with E-state index in [1.165, 1.54) is 0 Å². The molecule has 0 radical (unpaired) electrons. The Hall–Kier alpha value is -3.20. The molecular weight excluding hydrogens is 344 g/mol. The lowest BCUT2D eigenvalue weighted by Crippen LogP contribution is -2.12. The average molecular weight is 368 g/mol. The van der Waals surface area contributed by atoms with Crippen molar-refractivity contribution in [1.29, 1.82) is 0 Å². The summed E-state index contributed by atoms with van der Waals surface area (Å²) in [5, 5.41) is 17.9. The zero-order valence-corrected chi connectivity index (χ0v) is 16.1. The SMILES string of the molecule is CNc1cc(C)nc(Nc2ccc(OC)c(-n3cc(C(C)NC)nn3)c2)n1. The van der Waals surface area contributed by atoms with Gasteiger partial charge in [-0.1, -0.05) is 5.21 Å². The van der Waals surface area contributed by atoms with Crippen molar-refractivity contribution >= 4 is 17.5 Å². The molecular formula is C18H24N8O. The summed E-state index contributed by atoms with van der Waals surface area (Å²) in [7, 11) is 5.34. The number of anilines is 3. The standard InChI is InChI=1S/C18H24N8O/c1-11-8-17(20-4)23-18(21-11)22-13-6-7-16(27-5)15(9-13)26-10-14(24-25-26)12(2)19-3/h6-10,12,19H,1-5H3,(H2,20,21,22,23). The van der Waals surface area contributed by atoms with Crippen LogP contribution in [-0.4, -0.2) is 46.2 Å².